The summed E-state index contributed by atoms with van der Waals surface area (Å²) in [6, 6.07) is 15.6. The lowest BCUT2D eigenvalue weighted by molar-refractivity contribution is 0.385. The van der Waals surface area contributed by atoms with E-state index < -0.39 is 0 Å². The van der Waals surface area contributed by atoms with E-state index >= 15 is 0 Å². The second kappa shape index (κ2) is 5.30. The Kier molecular flexibility index (Phi) is 3.35. The van der Waals surface area contributed by atoms with E-state index in [0.29, 0.717) is 12.0 Å². The molecule has 0 amide bonds. The molecule has 2 nitrogen and oxygen atoms in total. The lowest BCUT2D eigenvalue weighted by atomic mass is 9.80. The molecular formula is C16H20N2. The molecule has 3 rings (SSSR count). The van der Waals surface area contributed by atoms with Crippen LogP contribution in [0.5, 0.6) is 0 Å². The van der Waals surface area contributed by atoms with Crippen LogP contribution in [0.3, 0.4) is 0 Å². The summed E-state index contributed by atoms with van der Waals surface area (Å²) in [7, 11) is 0. The monoisotopic (exact) mass is 240 g/mol. The van der Waals surface area contributed by atoms with E-state index in [4.69, 9.17) is 0 Å². The van der Waals surface area contributed by atoms with E-state index in [1.807, 2.05) is 0 Å². The molecule has 0 spiro atoms. The molecule has 1 aliphatic rings. The Bertz CT molecular complexity index is 461. The van der Waals surface area contributed by atoms with Gasteiger partial charge in [0.25, 0.3) is 0 Å². The average molecular weight is 240 g/mol. The highest BCUT2D eigenvalue weighted by Crippen LogP contribution is 2.33. The van der Waals surface area contributed by atoms with E-state index in [0.717, 1.165) is 0 Å². The molecule has 0 radical (unpaired) electrons. The van der Waals surface area contributed by atoms with E-state index in [1.165, 1.54) is 31.2 Å². The lowest BCUT2D eigenvalue weighted by Crippen LogP contribution is -2.35. The van der Waals surface area contributed by atoms with Gasteiger partial charge in [0, 0.05) is 24.4 Å². The van der Waals surface area contributed by atoms with Crippen LogP contribution in [0, 0.1) is 0 Å². The minimum absolute atomic E-state index is 0.550. The van der Waals surface area contributed by atoms with Gasteiger partial charge in [0.2, 0.25) is 0 Å². The standard InChI is InChI=1S/C16H20N2/c1-2-8-14(9-3-1)15-10-4-5-11-16(15)17-18-12-6-7-13-18/h1-3,6-9,12-13,15-17H,4-5,10-11H2. The second-order valence-electron chi connectivity index (χ2n) is 5.13. The maximum Gasteiger partial charge on any atom is 0.0492 e. The quantitative estimate of drug-likeness (QED) is 0.864. The van der Waals surface area contributed by atoms with Crippen LogP contribution in [0.2, 0.25) is 0 Å². The molecule has 2 aromatic rings. The summed E-state index contributed by atoms with van der Waals surface area (Å²) in [5, 5.41) is 0. The van der Waals surface area contributed by atoms with Crippen molar-refractivity contribution < 1.29 is 0 Å². The molecule has 1 N–H and O–H groups in total. The summed E-state index contributed by atoms with van der Waals surface area (Å²) >= 11 is 0. The number of nitrogens with one attached hydrogen (secondary N) is 1. The molecule has 94 valence electrons. The van der Waals surface area contributed by atoms with Crippen molar-refractivity contribution in [2.75, 3.05) is 5.43 Å². The molecule has 2 atom stereocenters. The average Bonchev–Trinajstić information content (AvgIpc) is 2.93. The molecule has 1 fully saturated rings. The van der Waals surface area contributed by atoms with Crippen molar-refractivity contribution in [3.8, 4) is 0 Å². The minimum Gasteiger partial charge on any atom is -0.323 e. The van der Waals surface area contributed by atoms with Gasteiger partial charge in [-0.15, -0.1) is 0 Å². The molecule has 1 aromatic heterocycles. The lowest BCUT2D eigenvalue weighted by Gasteiger charge is -2.33. The third-order valence-electron chi connectivity index (χ3n) is 3.91. The first-order valence-corrected chi connectivity index (χ1v) is 6.88. The van der Waals surface area contributed by atoms with Crippen LogP contribution < -0.4 is 5.43 Å². The molecule has 1 heterocycles. The second-order valence-corrected chi connectivity index (χ2v) is 5.13. The third-order valence-corrected chi connectivity index (χ3v) is 3.91. The Hall–Kier alpha value is -1.70. The third kappa shape index (κ3) is 2.42. The van der Waals surface area contributed by atoms with Crippen LogP contribution in [0.1, 0.15) is 37.2 Å². The molecule has 0 saturated heterocycles. The maximum absolute atomic E-state index is 3.63. The van der Waals surface area contributed by atoms with Crippen molar-refractivity contribution in [1.29, 1.82) is 0 Å². The first kappa shape index (κ1) is 11.4. The van der Waals surface area contributed by atoms with Crippen LogP contribution >= 0.6 is 0 Å². The molecule has 18 heavy (non-hydrogen) atoms. The number of nitrogens with zero attached hydrogens (tertiary/aromatic N) is 1. The summed E-state index contributed by atoms with van der Waals surface area (Å²) in [5.41, 5.74) is 5.10. The van der Waals surface area contributed by atoms with Gasteiger partial charge in [-0.2, -0.15) is 0 Å². The topological polar surface area (TPSA) is 17.0 Å². The van der Waals surface area contributed by atoms with Gasteiger partial charge in [0.05, 0.1) is 0 Å². The highest BCUT2D eigenvalue weighted by molar-refractivity contribution is 5.23. The summed E-state index contributed by atoms with van der Waals surface area (Å²) in [5.74, 6) is 0.641. The predicted molar refractivity (Wildman–Crippen MR) is 75.2 cm³/mol. The zero-order valence-electron chi connectivity index (χ0n) is 10.6. The van der Waals surface area contributed by atoms with Crippen LogP contribution in [-0.4, -0.2) is 10.7 Å². The van der Waals surface area contributed by atoms with Crippen LogP contribution in [0.25, 0.3) is 0 Å². The van der Waals surface area contributed by atoms with Crippen molar-refractivity contribution >= 4 is 0 Å². The number of rotatable bonds is 3. The normalized spacial score (nSPS) is 23.8. The fourth-order valence-corrected chi connectivity index (χ4v) is 3.00. The molecule has 2 heteroatoms. The van der Waals surface area contributed by atoms with Gasteiger partial charge < -0.3 is 5.43 Å². The van der Waals surface area contributed by atoms with Gasteiger partial charge in [-0.1, -0.05) is 43.2 Å². The van der Waals surface area contributed by atoms with E-state index in [2.05, 4.69) is 65.0 Å². The maximum atomic E-state index is 3.63. The van der Waals surface area contributed by atoms with Crippen LogP contribution in [-0.2, 0) is 0 Å². The van der Waals surface area contributed by atoms with Gasteiger partial charge in [0.1, 0.15) is 0 Å². The minimum atomic E-state index is 0.550. The number of benzene rings is 1. The van der Waals surface area contributed by atoms with Gasteiger partial charge in [0.15, 0.2) is 0 Å². The Morgan fingerprint density at radius 2 is 1.61 bits per heavy atom. The first-order valence-electron chi connectivity index (χ1n) is 6.88. The van der Waals surface area contributed by atoms with Crippen molar-refractivity contribution in [1.82, 2.24) is 4.68 Å². The Morgan fingerprint density at radius 3 is 2.39 bits per heavy atom. The van der Waals surface area contributed by atoms with E-state index in [1.54, 1.807) is 0 Å². The van der Waals surface area contributed by atoms with Crippen LogP contribution in [0.15, 0.2) is 54.9 Å². The number of hydrogen-bond donors (Lipinski definition) is 1. The summed E-state index contributed by atoms with van der Waals surface area (Å²) in [6.45, 7) is 0. The Morgan fingerprint density at radius 1 is 0.889 bits per heavy atom. The molecule has 0 bridgehead atoms. The Labute approximate surface area is 109 Å². The molecule has 1 saturated carbocycles. The fraction of sp³-hybridized carbons (Fsp3) is 0.375. The number of hydrogen-bond acceptors (Lipinski definition) is 1. The molecule has 1 aromatic carbocycles. The molecular weight excluding hydrogens is 220 g/mol. The van der Waals surface area contributed by atoms with Gasteiger partial charge >= 0.3 is 0 Å². The van der Waals surface area contributed by atoms with Crippen molar-refractivity contribution in [3.63, 3.8) is 0 Å². The van der Waals surface area contributed by atoms with E-state index in [9.17, 15) is 0 Å². The predicted octanol–water partition coefficient (Wildman–Crippen LogP) is 3.76. The largest absolute Gasteiger partial charge is 0.323 e. The SMILES string of the molecule is c1ccc(C2CCCCC2Nn2cccc2)cc1. The summed E-state index contributed by atoms with van der Waals surface area (Å²) in [4.78, 5) is 0. The van der Waals surface area contributed by atoms with Gasteiger partial charge in [-0.25, -0.2) is 0 Å². The highest BCUT2D eigenvalue weighted by Gasteiger charge is 2.26. The zero-order valence-corrected chi connectivity index (χ0v) is 10.6. The van der Waals surface area contributed by atoms with Gasteiger partial charge in [-0.3, -0.25) is 4.68 Å². The highest BCUT2D eigenvalue weighted by atomic mass is 15.4. The molecule has 2 unspecified atom stereocenters. The van der Waals surface area contributed by atoms with Gasteiger partial charge in [-0.05, 0) is 30.5 Å². The van der Waals surface area contributed by atoms with E-state index in [-0.39, 0.29) is 0 Å². The molecule has 1 aliphatic carbocycles. The Balaban J connectivity index is 1.78. The number of aromatic nitrogens is 1. The van der Waals surface area contributed by atoms with Crippen molar-refractivity contribution in [2.24, 2.45) is 0 Å². The molecule has 0 aliphatic heterocycles. The summed E-state index contributed by atoms with van der Waals surface area (Å²) in [6.07, 6.45) is 9.40. The smallest absolute Gasteiger partial charge is 0.0492 e. The van der Waals surface area contributed by atoms with Crippen molar-refractivity contribution in [3.05, 3.63) is 60.4 Å². The first-order chi connectivity index (χ1) is 8.93. The van der Waals surface area contributed by atoms with Crippen molar-refractivity contribution in [2.45, 2.75) is 37.6 Å². The zero-order chi connectivity index (χ0) is 12.2. The van der Waals surface area contributed by atoms with Crippen LogP contribution in [0.4, 0.5) is 0 Å². The summed E-state index contributed by atoms with van der Waals surface area (Å²) < 4.78 is 2.09. The fourth-order valence-electron chi connectivity index (χ4n) is 3.00.